The number of likely N-dealkylation sites (N-methyl/N-ethyl adjacent to an activating group) is 1. The Hall–Kier alpha value is -2.99. The van der Waals surface area contributed by atoms with E-state index in [0.717, 1.165) is 16.5 Å². The van der Waals surface area contributed by atoms with Gasteiger partial charge in [-0.05, 0) is 17.5 Å². The minimum atomic E-state index is -2.13. The van der Waals surface area contributed by atoms with Crippen LogP contribution < -0.4 is 21.7 Å². The molecule has 6 atom stereocenters. The Labute approximate surface area is 209 Å². The molecule has 11 heteroatoms. The standard InChI is InChI=1S/C25H37N5O6/c1-13(2)8-18(27-3)23(34)29-19-10-25(36,11-20(31)21(19)32)24(35)30-17(22(26)33)9-14-12-28-16-7-5-4-6-15(14)16/h4-7,12-13,17-21,27-28,31-32,36H,8-11H2,1-3H3,(H2,26,33)(H,29,34)(H,30,35)/p+1/t17-,18+,19+,20-,21-,25+/m1/s1. The number of carbonyl (C=O) groups excluding carboxylic acids is 3. The lowest BCUT2D eigenvalue weighted by atomic mass is 9.77. The summed E-state index contributed by atoms with van der Waals surface area (Å²) >= 11 is 0. The maximum absolute atomic E-state index is 13.2. The normalized spacial score (nSPS) is 25.9. The number of aromatic amines is 1. The molecule has 1 heterocycles. The summed E-state index contributed by atoms with van der Waals surface area (Å²) in [7, 11) is 1.76. The number of para-hydroxylation sites is 1. The van der Waals surface area contributed by atoms with Crippen molar-refractivity contribution in [1.82, 2.24) is 15.6 Å². The van der Waals surface area contributed by atoms with Crippen molar-refractivity contribution < 1.29 is 35.0 Å². The van der Waals surface area contributed by atoms with E-state index in [4.69, 9.17) is 5.73 Å². The molecule has 10 N–H and O–H groups in total. The van der Waals surface area contributed by atoms with Crippen LogP contribution in [0.15, 0.2) is 30.5 Å². The molecule has 0 spiro atoms. The van der Waals surface area contributed by atoms with Crippen LogP contribution in [0.4, 0.5) is 0 Å². The summed E-state index contributed by atoms with van der Waals surface area (Å²) in [6, 6.07) is 4.87. The number of nitrogens with one attached hydrogen (secondary N) is 3. The number of H-pyrrole nitrogens is 1. The molecule has 11 nitrogen and oxygen atoms in total. The molecule has 2 aromatic rings. The van der Waals surface area contributed by atoms with E-state index in [1.165, 1.54) is 0 Å². The molecule has 1 aromatic heterocycles. The number of carbonyl (C=O) groups is 3. The Balaban J connectivity index is 1.73. The summed E-state index contributed by atoms with van der Waals surface area (Å²) in [6.07, 6.45) is -1.21. The highest BCUT2D eigenvalue weighted by atomic mass is 16.3. The summed E-state index contributed by atoms with van der Waals surface area (Å²) in [6.45, 7) is 3.97. The lowest BCUT2D eigenvalue weighted by Crippen LogP contribution is -2.89. The number of primary amides is 1. The first-order valence-corrected chi connectivity index (χ1v) is 12.3. The second-order valence-electron chi connectivity index (χ2n) is 10.2. The predicted molar refractivity (Wildman–Crippen MR) is 132 cm³/mol. The zero-order chi connectivity index (χ0) is 26.6. The Kier molecular flexibility index (Phi) is 8.72. The van der Waals surface area contributed by atoms with Crippen LogP contribution >= 0.6 is 0 Å². The monoisotopic (exact) mass is 504 g/mol. The van der Waals surface area contributed by atoms with E-state index in [9.17, 15) is 29.7 Å². The van der Waals surface area contributed by atoms with Crippen molar-refractivity contribution in [2.24, 2.45) is 11.7 Å². The highest BCUT2D eigenvalue weighted by Crippen LogP contribution is 2.30. The van der Waals surface area contributed by atoms with Gasteiger partial charge in [0.25, 0.3) is 11.8 Å². The van der Waals surface area contributed by atoms with Crippen LogP contribution in [0.1, 0.15) is 38.7 Å². The number of aliphatic hydroxyl groups is 3. The molecule has 0 aliphatic heterocycles. The second kappa shape index (κ2) is 11.4. The minimum absolute atomic E-state index is 0.0930. The molecular formula is C25H38N5O6+. The Morgan fingerprint density at radius 1 is 1.22 bits per heavy atom. The lowest BCUT2D eigenvalue weighted by Gasteiger charge is -2.42. The zero-order valence-electron chi connectivity index (χ0n) is 20.9. The van der Waals surface area contributed by atoms with E-state index in [1.807, 2.05) is 38.1 Å². The molecule has 36 heavy (non-hydrogen) atoms. The number of quaternary nitrogens is 1. The average Bonchev–Trinajstić information content (AvgIpc) is 3.22. The van der Waals surface area contributed by atoms with E-state index >= 15 is 0 Å². The zero-order valence-corrected chi connectivity index (χ0v) is 20.9. The number of hydrogen-bond donors (Lipinski definition) is 8. The van der Waals surface area contributed by atoms with E-state index in [1.54, 1.807) is 18.6 Å². The van der Waals surface area contributed by atoms with Gasteiger partial charge >= 0.3 is 0 Å². The molecule has 1 fully saturated rings. The molecular weight excluding hydrogens is 466 g/mol. The average molecular weight is 505 g/mol. The fraction of sp³-hybridized carbons (Fsp3) is 0.560. The molecule has 1 aliphatic carbocycles. The predicted octanol–water partition coefficient (Wildman–Crippen LogP) is -1.98. The second-order valence-corrected chi connectivity index (χ2v) is 10.2. The van der Waals surface area contributed by atoms with Crippen LogP contribution in [0.3, 0.4) is 0 Å². The first-order valence-electron chi connectivity index (χ1n) is 12.3. The Morgan fingerprint density at radius 2 is 1.92 bits per heavy atom. The fourth-order valence-corrected chi connectivity index (χ4v) is 4.85. The number of amides is 3. The van der Waals surface area contributed by atoms with Gasteiger partial charge in [-0.3, -0.25) is 14.4 Å². The molecule has 0 saturated heterocycles. The van der Waals surface area contributed by atoms with Crippen LogP contribution in [0, 0.1) is 5.92 Å². The van der Waals surface area contributed by atoms with Gasteiger partial charge in [-0.1, -0.05) is 32.0 Å². The molecule has 1 saturated carbocycles. The van der Waals surface area contributed by atoms with Crippen LogP contribution in [0.25, 0.3) is 10.9 Å². The Bertz CT molecular complexity index is 1090. The van der Waals surface area contributed by atoms with Gasteiger partial charge in [0, 0.05) is 42.8 Å². The molecule has 198 valence electrons. The van der Waals surface area contributed by atoms with Crippen molar-refractivity contribution in [3.63, 3.8) is 0 Å². The van der Waals surface area contributed by atoms with Crippen molar-refractivity contribution in [1.29, 1.82) is 0 Å². The number of hydrogen-bond acceptors (Lipinski definition) is 6. The number of aromatic nitrogens is 1. The molecule has 1 aliphatic rings. The summed E-state index contributed by atoms with van der Waals surface area (Å²) < 4.78 is 0. The third-order valence-corrected chi connectivity index (χ3v) is 6.87. The third-order valence-electron chi connectivity index (χ3n) is 6.87. The summed E-state index contributed by atoms with van der Waals surface area (Å²) in [5, 5.41) is 39.9. The molecule has 3 amide bonds. The van der Waals surface area contributed by atoms with Crippen LogP contribution in [-0.4, -0.2) is 81.0 Å². The van der Waals surface area contributed by atoms with Crippen molar-refractivity contribution in [2.75, 3.05) is 7.05 Å². The van der Waals surface area contributed by atoms with Crippen molar-refractivity contribution in [3.05, 3.63) is 36.0 Å². The fourth-order valence-electron chi connectivity index (χ4n) is 4.85. The smallest absolute Gasteiger partial charge is 0.278 e. The van der Waals surface area contributed by atoms with Gasteiger partial charge in [0.05, 0.1) is 19.2 Å². The topological polar surface area (TPSA) is 194 Å². The van der Waals surface area contributed by atoms with Gasteiger partial charge in [-0.25, -0.2) is 0 Å². The SMILES string of the molecule is C[NH2+][C@@H](CC(C)C)C(=O)N[C@H]1C[C@@](O)(C(=O)N[C@H](Cc2c[nH]c3ccccc23)C(N)=O)C[C@@H](O)[C@@H]1O. The van der Waals surface area contributed by atoms with Crippen molar-refractivity contribution >= 4 is 28.6 Å². The van der Waals surface area contributed by atoms with Gasteiger partial charge in [0.1, 0.15) is 17.7 Å². The van der Waals surface area contributed by atoms with Gasteiger partial charge in [0.15, 0.2) is 6.04 Å². The first kappa shape index (κ1) is 27.6. The van der Waals surface area contributed by atoms with E-state index in [2.05, 4.69) is 15.6 Å². The molecule has 0 unspecified atom stereocenters. The summed E-state index contributed by atoms with van der Waals surface area (Å²) in [4.78, 5) is 41.2. The van der Waals surface area contributed by atoms with Gasteiger partial charge < -0.3 is 42.0 Å². The molecule has 1 aromatic carbocycles. The minimum Gasteiger partial charge on any atom is -0.390 e. The van der Waals surface area contributed by atoms with Crippen LogP contribution in [0.5, 0.6) is 0 Å². The first-order chi connectivity index (χ1) is 16.9. The van der Waals surface area contributed by atoms with Crippen LogP contribution in [-0.2, 0) is 20.8 Å². The molecule has 0 radical (unpaired) electrons. The van der Waals surface area contributed by atoms with Gasteiger partial charge in [-0.15, -0.1) is 0 Å². The highest BCUT2D eigenvalue weighted by Gasteiger charge is 2.50. The largest absolute Gasteiger partial charge is 0.390 e. The highest BCUT2D eigenvalue weighted by molar-refractivity contribution is 5.92. The number of benzene rings is 1. The van der Waals surface area contributed by atoms with Crippen molar-refractivity contribution in [3.8, 4) is 0 Å². The quantitative estimate of drug-likeness (QED) is 0.185. The molecule has 3 rings (SSSR count). The summed E-state index contributed by atoms with van der Waals surface area (Å²) in [5.74, 6) is -1.79. The number of fused-ring (bicyclic) bond motifs is 1. The maximum atomic E-state index is 13.2. The number of rotatable bonds is 10. The van der Waals surface area contributed by atoms with E-state index in [-0.39, 0.29) is 24.7 Å². The lowest BCUT2D eigenvalue weighted by molar-refractivity contribution is -0.651. The van der Waals surface area contributed by atoms with Gasteiger partial charge in [-0.2, -0.15) is 0 Å². The van der Waals surface area contributed by atoms with Gasteiger partial charge in [0.2, 0.25) is 5.91 Å². The van der Waals surface area contributed by atoms with Crippen molar-refractivity contribution in [2.45, 2.75) is 75.5 Å². The number of aliphatic hydroxyl groups excluding tert-OH is 2. The third kappa shape index (κ3) is 6.22. The van der Waals surface area contributed by atoms with E-state index < -0.39 is 54.2 Å². The molecule has 0 bridgehead atoms. The maximum Gasteiger partial charge on any atom is 0.278 e. The number of nitrogens with two attached hydrogens (primary N) is 2. The summed E-state index contributed by atoms with van der Waals surface area (Å²) in [5.41, 5.74) is 5.05. The van der Waals surface area contributed by atoms with E-state index in [0.29, 0.717) is 6.42 Å². The Morgan fingerprint density at radius 3 is 2.56 bits per heavy atom. The van der Waals surface area contributed by atoms with Crippen LogP contribution in [0.2, 0.25) is 0 Å².